The minimum Gasteiger partial charge on any atom is -0.326 e. The molecule has 2 aliphatic rings. The van der Waals surface area contributed by atoms with Gasteiger partial charge < -0.3 is 10.2 Å². The average molecular weight is 385 g/mol. The predicted octanol–water partition coefficient (Wildman–Crippen LogP) is 2.88. The van der Waals surface area contributed by atoms with Crippen molar-refractivity contribution >= 4 is 51.1 Å². The number of amidine groups is 1. The molecule has 0 radical (unpaired) electrons. The topological polar surface area (TPSA) is 44.7 Å². The van der Waals surface area contributed by atoms with Crippen molar-refractivity contribution in [1.82, 2.24) is 4.90 Å². The molecule has 0 unspecified atom stereocenters. The van der Waals surface area contributed by atoms with Crippen molar-refractivity contribution in [2.24, 2.45) is 4.99 Å². The van der Waals surface area contributed by atoms with E-state index >= 15 is 0 Å². The van der Waals surface area contributed by atoms with Crippen LogP contribution in [0.4, 0.5) is 5.69 Å². The van der Waals surface area contributed by atoms with Crippen molar-refractivity contribution in [3.05, 3.63) is 38.9 Å². The Morgan fingerprint density at radius 2 is 2.21 bits per heavy atom. The van der Waals surface area contributed by atoms with E-state index in [1.807, 2.05) is 29.7 Å². The number of carbonyl (C=O) groups excluding carboxylic acids is 1. The van der Waals surface area contributed by atoms with Crippen molar-refractivity contribution < 1.29 is 4.79 Å². The van der Waals surface area contributed by atoms with Gasteiger partial charge in [0.25, 0.3) is 0 Å². The molecular weight excluding hydrogens is 373 g/mol. The predicted molar refractivity (Wildman–Crippen MR) is 87.1 cm³/mol. The summed E-state index contributed by atoms with van der Waals surface area (Å²) in [7, 11) is 0. The minimum absolute atomic E-state index is 0.0150. The number of rotatable bonds is 3. The second-order valence-corrected chi connectivity index (χ2v) is 6.36. The molecule has 2 aliphatic heterocycles. The normalized spacial score (nSPS) is 17.0. The number of nitrogens with one attached hydrogen (secondary N) is 1. The summed E-state index contributed by atoms with van der Waals surface area (Å²) in [6.07, 6.45) is 0.401. The Bertz CT molecular complexity index is 568. The van der Waals surface area contributed by atoms with Crippen LogP contribution in [-0.4, -0.2) is 29.1 Å². The monoisotopic (exact) mass is 385 g/mol. The average Bonchev–Trinajstić information content (AvgIpc) is 2.97. The number of nitrogens with zero attached hydrogens (tertiary/aromatic N) is 2. The lowest BCUT2D eigenvalue weighted by Gasteiger charge is -2.16. The highest BCUT2D eigenvalue weighted by molar-refractivity contribution is 14.1. The van der Waals surface area contributed by atoms with Gasteiger partial charge in [0.15, 0.2) is 5.17 Å². The van der Waals surface area contributed by atoms with E-state index in [4.69, 9.17) is 0 Å². The van der Waals surface area contributed by atoms with Gasteiger partial charge in [-0.25, -0.2) is 0 Å². The molecule has 3 rings (SSSR count). The van der Waals surface area contributed by atoms with E-state index in [1.165, 1.54) is 0 Å². The SMILES string of the molecule is O=C(CC1=CSC2=NCCN12)Nc1ccc(I)cc1. The zero-order valence-corrected chi connectivity index (χ0v) is 13.1. The molecule has 0 spiro atoms. The first-order valence-electron chi connectivity index (χ1n) is 5.95. The second-order valence-electron chi connectivity index (χ2n) is 4.27. The summed E-state index contributed by atoms with van der Waals surface area (Å²) in [5, 5.41) is 5.96. The number of fused-ring (bicyclic) bond motifs is 1. The smallest absolute Gasteiger partial charge is 0.230 e. The van der Waals surface area contributed by atoms with Gasteiger partial charge >= 0.3 is 0 Å². The summed E-state index contributed by atoms with van der Waals surface area (Å²) in [6.45, 7) is 1.73. The van der Waals surface area contributed by atoms with Gasteiger partial charge in [-0.05, 0) is 52.3 Å². The molecule has 1 amide bonds. The first-order chi connectivity index (χ1) is 9.22. The van der Waals surface area contributed by atoms with Crippen LogP contribution in [0, 0.1) is 3.57 Å². The van der Waals surface area contributed by atoms with E-state index in [1.54, 1.807) is 11.8 Å². The fourth-order valence-corrected chi connectivity index (χ4v) is 3.33. The molecule has 1 aromatic rings. The molecule has 6 heteroatoms. The molecule has 0 saturated carbocycles. The van der Waals surface area contributed by atoms with Gasteiger partial charge in [0.1, 0.15) is 0 Å². The van der Waals surface area contributed by atoms with Crippen LogP contribution in [0.15, 0.2) is 40.4 Å². The van der Waals surface area contributed by atoms with Crippen molar-refractivity contribution in [1.29, 1.82) is 0 Å². The molecule has 0 saturated heterocycles. The Hall–Kier alpha value is -1.02. The summed E-state index contributed by atoms with van der Waals surface area (Å²) < 4.78 is 1.16. The molecule has 0 aliphatic carbocycles. The first kappa shape index (κ1) is 13.0. The van der Waals surface area contributed by atoms with Crippen LogP contribution >= 0.6 is 34.4 Å². The van der Waals surface area contributed by atoms with E-state index in [0.29, 0.717) is 6.42 Å². The Morgan fingerprint density at radius 1 is 1.42 bits per heavy atom. The van der Waals surface area contributed by atoms with Crippen LogP contribution in [0.25, 0.3) is 0 Å². The van der Waals surface area contributed by atoms with Crippen LogP contribution in [0.2, 0.25) is 0 Å². The third kappa shape index (κ3) is 2.94. The van der Waals surface area contributed by atoms with Gasteiger partial charge in [-0.3, -0.25) is 9.79 Å². The van der Waals surface area contributed by atoms with Crippen LogP contribution in [-0.2, 0) is 4.79 Å². The number of amides is 1. The highest BCUT2D eigenvalue weighted by atomic mass is 127. The maximum absolute atomic E-state index is 12.0. The number of hydrogen-bond donors (Lipinski definition) is 1. The number of hydrogen-bond acceptors (Lipinski definition) is 4. The van der Waals surface area contributed by atoms with Gasteiger partial charge in [0.05, 0.1) is 13.0 Å². The van der Waals surface area contributed by atoms with Crippen molar-refractivity contribution in [2.75, 3.05) is 18.4 Å². The Morgan fingerprint density at radius 3 is 3.00 bits per heavy atom. The molecule has 0 atom stereocenters. The third-order valence-corrected chi connectivity index (χ3v) is 4.59. The number of halogens is 1. The molecule has 1 aromatic carbocycles. The Balaban J connectivity index is 1.60. The molecule has 0 fully saturated rings. The van der Waals surface area contributed by atoms with E-state index in [-0.39, 0.29) is 5.91 Å². The summed E-state index contributed by atoms with van der Waals surface area (Å²) in [6, 6.07) is 7.79. The van der Waals surface area contributed by atoms with E-state index in [2.05, 4.69) is 37.8 Å². The van der Waals surface area contributed by atoms with Crippen LogP contribution < -0.4 is 5.32 Å². The second kappa shape index (κ2) is 5.54. The van der Waals surface area contributed by atoms with Gasteiger partial charge in [-0.1, -0.05) is 11.8 Å². The maximum atomic E-state index is 12.0. The molecule has 1 N–H and O–H groups in total. The fraction of sp³-hybridized carbons (Fsp3) is 0.231. The number of benzene rings is 1. The van der Waals surface area contributed by atoms with Crippen LogP contribution in [0.1, 0.15) is 6.42 Å². The van der Waals surface area contributed by atoms with E-state index in [0.717, 1.165) is 33.2 Å². The van der Waals surface area contributed by atoms with Crippen molar-refractivity contribution in [2.45, 2.75) is 6.42 Å². The summed E-state index contributed by atoms with van der Waals surface area (Å²) in [5.74, 6) is 0.0150. The number of carbonyl (C=O) groups is 1. The number of aliphatic imine (C=N–C) groups is 1. The first-order valence-corrected chi connectivity index (χ1v) is 7.91. The summed E-state index contributed by atoms with van der Waals surface area (Å²) >= 11 is 3.85. The molecule has 19 heavy (non-hydrogen) atoms. The molecular formula is C13H12IN3OS. The Kier molecular flexibility index (Phi) is 3.79. The molecule has 2 heterocycles. The summed E-state index contributed by atoms with van der Waals surface area (Å²) in [5.41, 5.74) is 1.89. The van der Waals surface area contributed by atoms with Gasteiger partial charge in [0.2, 0.25) is 5.91 Å². The lowest BCUT2D eigenvalue weighted by molar-refractivity contribution is -0.115. The van der Waals surface area contributed by atoms with Gasteiger partial charge in [-0.2, -0.15) is 0 Å². The van der Waals surface area contributed by atoms with E-state index < -0.39 is 0 Å². The lowest BCUT2D eigenvalue weighted by atomic mass is 10.2. The lowest BCUT2D eigenvalue weighted by Crippen LogP contribution is -2.24. The van der Waals surface area contributed by atoms with Crippen LogP contribution in [0.3, 0.4) is 0 Å². The van der Waals surface area contributed by atoms with Crippen molar-refractivity contribution in [3.8, 4) is 0 Å². The molecule has 98 valence electrons. The quantitative estimate of drug-likeness (QED) is 0.814. The standard InChI is InChI=1S/C13H12IN3OS/c14-9-1-3-10(4-2-9)16-12(18)7-11-8-19-13-15-5-6-17(11)13/h1-4,8H,5-7H2,(H,16,18). The fourth-order valence-electron chi connectivity index (χ4n) is 2.02. The summed E-state index contributed by atoms with van der Waals surface area (Å²) in [4.78, 5) is 18.5. The Labute approximate surface area is 129 Å². The molecule has 0 aromatic heterocycles. The highest BCUT2D eigenvalue weighted by Crippen LogP contribution is 2.30. The minimum atomic E-state index is 0.0150. The van der Waals surface area contributed by atoms with E-state index in [9.17, 15) is 4.79 Å². The van der Waals surface area contributed by atoms with Gasteiger partial charge in [-0.15, -0.1) is 0 Å². The zero-order valence-electron chi connectivity index (χ0n) is 10.1. The maximum Gasteiger partial charge on any atom is 0.230 e. The third-order valence-electron chi connectivity index (χ3n) is 2.92. The van der Waals surface area contributed by atoms with Crippen molar-refractivity contribution in [3.63, 3.8) is 0 Å². The van der Waals surface area contributed by atoms with Gasteiger partial charge in [0, 0.05) is 21.5 Å². The molecule has 0 bridgehead atoms. The largest absolute Gasteiger partial charge is 0.326 e. The highest BCUT2D eigenvalue weighted by Gasteiger charge is 2.27. The number of anilines is 1. The molecule has 4 nitrogen and oxygen atoms in total. The van der Waals surface area contributed by atoms with Crippen LogP contribution in [0.5, 0.6) is 0 Å². The number of thioether (sulfide) groups is 1. The zero-order chi connectivity index (χ0) is 13.2.